The molecular weight excluding hydrogens is 420 g/mol. The first-order chi connectivity index (χ1) is 16.5. The lowest BCUT2D eigenvalue weighted by Crippen LogP contribution is -2.20. The Balaban J connectivity index is 1.39. The number of nitrogens with one attached hydrogen (secondary N) is 2. The number of likely N-dealkylation sites (tertiary alicyclic amines) is 1. The van der Waals surface area contributed by atoms with Crippen LogP contribution < -0.4 is 10.6 Å². The second-order valence-electron chi connectivity index (χ2n) is 9.69. The molecule has 0 radical (unpaired) electrons. The minimum Gasteiger partial charge on any atom is -0.388 e. The molecule has 2 aliphatic rings. The fourth-order valence-electron chi connectivity index (χ4n) is 5.16. The summed E-state index contributed by atoms with van der Waals surface area (Å²) in [5.41, 5.74) is 9.59. The van der Waals surface area contributed by atoms with Crippen LogP contribution in [-0.2, 0) is 6.54 Å². The average molecular weight is 455 g/mol. The number of rotatable bonds is 7. The summed E-state index contributed by atoms with van der Waals surface area (Å²) in [6.07, 6.45) is 6.93. The molecule has 2 N–H and O–H groups in total. The number of hydrogen-bond donors (Lipinski definition) is 2. The van der Waals surface area contributed by atoms with Crippen molar-refractivity contribution >= 4 is 17.3 Å². The van der Waals surface area contributed by atoms with Crippen molar-refractivity contribution in [2.45, 2.75) is 52.0 Å². The SMILES string of the molecule is CNc1cccc(-c2cccc(NC(=O)c3cc(C4CC4)c(CN4CCCC4)cn3)c2C)c1C. The third-order valence-electron chi connectivity index (χ3n) is 7.34. The van der Waals surface area contributed by atoms with E-state index in [4.69, 9.17) is 0 Å². The van der Waals surface area contributed by atoms with Crippen LogP contribution in [0.5, 0.6) is 0 Å². The quantitative estimate of drug-likeness (QED) is 0.451. The molecule has 34 heavy (non-hydrogen) atoms. The van der Waals surface area contributed by atoms with Crippen LogP contribution in [0.4, 0.5) is 11.4 Å². The third-order valence-corrected chi connectivity index (χ3v) is 7.34. The summed E-state index contributed by atoms with van der Waals surface area (Å²) < 4.78 is 0. The first-order valence-corrected chi connectivity index (χ1v) is 12.4. The molecule has 176 valence electrons. The molecule has 1 amide bonds. The fraction of sp³-hybridized carbons (Fsp3) is 0.379. The standard InChI is InChI=1S/C29H34N4O/c1-19-23(8-6-10-26(19)30-3)24-9-7-11-27(20(24)2)32-29(34)28-16-25(21-12-13-21)22(17-31-28)18-33-14-4-5-15-33/h6-11,16-17,21,30H,4-5,12-15,18H2,1-3H3,(H,32,34). The van der Waals surface area contributed by atoms with Gasteiger partial charge in [0.25, 0.3) is 5.91 Å². The van der Waals surface area contributed by atoms with Crippen molar-refractivity contribution in [2.75, 3.05) is 30.8 Å². The number of nitrogens with zero attached hydrogens (tertiary/aromatic N) is 2. The Morgan fingerprint density at radius 3 is 2.29 bits per heavy atom. The Hall–Kier alpha value is -3.18. The van der Waals surface area contributed by atoms with Crippen LogP contribution >= 0.6 is 0 Å². The van der Waals surface area contributed by atoms with Crippen molar-refractivity contribution in [3.05, 3.63) is 76.6 Å². The highest BCUT2D eigenvalue weighted by Crippen LogP contribution is 2.42. The van der Waals surface area contributed by atoms with E-state index >= 15 is 0 Å². The summed E-state index contributed by atoms with van der Waals surface area (Å²) >= 11 is 0. The van der Waals surface area contributed by atoms with Crippen LogP contribution in [0, 0.1) is 13.8 Å². The minimum atomic E-state index is -0.143. The van der Waals surface area contributed by atoms with Gasteiger partial charge < -0.3 is 10.6 Å². The highest BCUT2D eigenvalue weighted by Gasteiger charge is 2.28. The highest BCUT2D eigenvalue weighted by molar-refractivity contribution is 6.04. The van der Waals surface area contributed by atoms with Crippen LogP contribution in [0.15, 0.2) is 48.7 Å². The van der Waals surface area contributed by atoms with Gasteiger partial charge in [0.15, 0.2) is 0 Å². The van der Waals surface area contributed by atoms with E-state index in [-0.39, 0.29) is 5.91 Å². The van der Waals surface area contributed by atoms with Crippen molar-refractivity contribution in [3.63, 3.8) is 0 Å². The molecule has 0 unspecified atom stereocenters. The lowest BCUT2D eigenvalue weighted by Gasteiger charge is -2.18. The van der Waals surface area contributed by atoms with Crippen molar-refractivity contribution in [1.82, 2.24) is 9.88 Å². The second kappa shape index (κ2) is 9.59. The maximum atomic E-state index is 13.2. The Morgan fingerprint density at radius 2 is 1.65 bits per heavy atom. The Kier molecular flexibility index (Phi) is 6.38. The van der Waals surface area contributed by atoms with Crippen molar-refractivity contribution in [1.29, 1.82) is 0 Å². The van der Waals surface area contributed by atoms with E-state index in [0.29, 0.717) is 11.6 Å². The predicted molar refractivity (Wildman–Crippen MR) is 140 cm³/mol. The Bertz CT molecular complexity index is 1210. The average Bonchev–Trinajstić information content (AvgIpc) is 3.57. The predicted octanol–water partition coefficient (Wildman–Crippen LogP) is 6.13. The topological polar surface area (TPSA) is 57.3 Å². The molecule has 0 spiro atoms. The van der Waals surface area contributed by atoms with Gasteiger partial charge >= 0.3 is 0 Å². The molecule has 1 saturated carbocycles. The molecule has 2 fully saturated rings. The van der Waals surface area contributed by atoms with Gasteiger partial charge in [0.05, 0.1) is 0 Å². The fourth-order valence-corrected chi connectivity index (χ4v) is 5.16. The van der Waals surface area contributed by atoms with Crippen molar-refractivity contribution in [2.24, 2.45) is 0 Å². The Labute approximate surface area is 202 Å². The zero-order chi connectivity index (χ0) is 23.7. The largest absolute Gasteiger partial charge is 0.388 e. The first-order valence-electron chi connectivity index (χ1n) is 12.4. The summed E-state index contributed by atoms with van der Waals surface area (Å²) in [4.78, 5) is 20.3. The number of amides is 1. The molecule has 5 nitrogen and oxygen atoms in total. The van der Waals surface area contributed by atoms with Gasteiger partial charge in [0.2, 0.25) is 0 Å². The summed E-state index contributed by atoms with van der Waals surface area (Å²) in [5.74, 6) is 0.440. The lowest BCUT2D eigenvalue weighted by molar-refractivity contribution is 0.102. The summed E-state index contributed by atoms with van der Waals surface area (Å²) in [7, 11) is 1.94. The normalized spacial score (nSPS) is 16.0. The van der Waals surface area contributed by atoms with E-state index in [2.05, 4.69) is 58.6 Å². The van der Waals surface area contributed by atoms with Gasteiger partial charge in [-0.05, 0) is 110 Å². The highest BCUT2D eigenvalue weighted by atomic mass is 16.1. The van der Waals surface area contributed by atoms with Gasteiger partial charge in [0, 0.05) is 31.2 Å². The van der Waals surface area contributed by atoms with Gasteiger partial charge in [0.1, 0.15) is 5.69 Å². The van der Waals surface area contributed by atoms with E-state index in [0.717, 1.165) is 29.0 Å². The van der Waals surface area contributed by atoms with Gasteiger partial charge in [-0.15, -0.1) is 0 Å². The van der Waals surface area contributed by atoms with Gasteiger partial charge in [-0.25, -0.2) is 0 Å². The summed E-state index contributed by atoms with van der Waals surface area (Å²) in [5, 5.41) is 6.40. The molecule has 0 bridgehead atoms. The molecule has 5 rings (SSSR count). The zero-order valence-corrected chi connectivity index (χ0v) is 20.4. The number of carbonyl (C=O) groups excluding carboxylic acids is 1. The number of hydrogen-bond acceptors (Lipinski definition) is 4. The monoisotopic (exact) mass is 454 g/mol. The van der Waals surface area contributed by atoms with E-state index in [1.807, 2.05) is 31.4 Å². The first kappa shape index (κ1) is 22.6. The number of benzene rings is 2. The summed E-state index contributed by atoms with van der Waals surface area (Å²) in [6, 6.07) is 14.4. The smallest absolute Gasteiger partial charge is 0.274 e. The number of aromatic nitrogens is 1. The van der Waals surface area contributed by atoms with Crippen LogP contribution in [0.25, 0.3) is 11.1 Å². The molecule has 2 heterocycles. The van der Waals surface area contributed by atoms with Crippen LogP contribution in [0.1, 0.15) is 64.3 Å². The maximum Gasteiger partial charge on any atom is 0.274 e. The van der Waals surface area contributed by atoms with E-state index in [1.54, 1.807) is 0 Å². The zero-order valence-electron chi connectivity index (χ0n) is 20.4. The molecule has 2 aromatic carbocycles. The van der Waals surface area contributed by atoms with Crippen LogP contribution in [0.2, 0.25) is 0 Å². The molecule has 1 aliphatic heterocycles. The van der Waals surface area contributed by atoms with Crippen molar-refractivity contribution in [3.8, 4) is 11.1 Å². The molecular formula is C29H34N4O. The molecule has 3 aromatic rings. The van der Waals surface area contributed by atoms with Gasteiger partial charge in [-0.3, -0.25) is 14.7 Å². The number of anilines is 2. The van der Waals surface area contributed by atoms with Crippen LogP contribution in [0.3, 0.4) is 0 Å². The van der Waals surface area contributed by atoms with E-state index in [1.165, 1.54) is 61.0 Å². The Morgan fingerprint density at radius 1 is 1.00 bits per heavy atom. The number of carbonyl (C=O) groups is 1. The molecule has 1 aliphatic carbocycles. The molecule has 1 saturated heterocycles. The summed E-state index contributed by atoms with van der Waals surface area (Å²) in [6.45, 7) is 7.47. The minimum absolute atomic E-state index is 0.143. The molecule has 5 heteroatoms. The van der Waals surface area contributed by atoms with Gasteiger partial charge in [-0.2, -0.15) is 0 Å². The lowest BCUT2D eigenvalue weighted by atomic mass is 9.94. The second-order valence-corrected chi connectivity index (χ2v) is 9.69. The molecule has 0 atom stereocenters. The van der Waals surface area contributed by atoms with Crippen molar-refractivity contribution < 1.29 is 4.79 Å². The number of pyridine rings is 1. The maximum absolute atomic E-state index is 13.2. The van der Waals surface area contributed by atoms with E-state index < -0.39 is 0 Å². The van der Waals surface area contributed by atoms with Gasteiger partial charge in [-0.1, -0.05) is 24.3 Å². The third kappa shape index (κ3) is 4.58. The van der Waals surface area contributed by atoms with Crippen LogP contribution in [-0.4, -0.2) is 35.9 Å². The molecule has 1 aromatic heterocycles. The van der Waals surface area contributed by atoms with E-state index in [9.17, 15) is 4.79 Å².